The molecule has 134 valence electrons. The number of rotatable bonds is 8. The normalized spacial score (nSPS) is 13.5. The van der Waals surface area contributed by atoms with E-state index in [1.165, 1.54) is 0 Å². The van der Waals surface area contributed by atoms with Crippen molar-refractivity contribution in [1.82, 2.24) is 10.2 Å². The summed E-state index contributed by atoms with van der Waals surface area (Å²) in [5, 5.41) is 4.97. The van der Waals surface area contributed by atoms with Crippen molar-refractivity contribution in [1.29, 1.82) is 0 Å². The Morgan fingerprint density at radius 2 is 2.00 bits per heavy atom. The quantitative estimate of drug-likeness (QED) is 0.569. The fourth-order valence-corrected chi connectivity index (χ4v) is 3.21. The van der Waals surface area contributed by atoms with Crippen LogP contribution in [0.3, 0.4) is 0 Å². The lowest BCUT2D eigenvalue weighted by Crippen LogP contribution is -2.28. The number of nitrogens with one attached hydrogen (secondary N) is 1. The summed E-state index contributed by atoms with van der Waals surface area (Å²) >= 11 is 1.63. The fourth-order valence-electron chi connectivity index (χ4n) is 2.49. The van der Waals surface area contributed by atoms with Crippen LogP contribution >= 0.6 is 11.3 Å². The average Bonchev–Trinajstić information content (AvgIpc) is 3.31. The summed E-state index contributed by atoms with van der Waals surface area (Å²) < 4.78 is 0. The number of thiophene rings is 1. The van der Waals surface area contributed by atoms with Crippen LogP contribution in [0.1, 0.15) is 33.6 Å². The van der Waals surface area contributed by atoms with Crippen molar-refractivity contribution in [3.05, 3.63) is 76.5 Å². The third kappa shape index (κ3) is 5.17. The van der Waals surface area contributed by atoms with Crippen LogP contribution in [0.4, 0.5) is 0 Å². The molecule has 1 fully saturated rings. The molecule has 1 aromatic carbocycles. The van der Waals surface area contributed by atoms with Gasteiger partial charge >= 0.3 is 0 Å². The van der Waals surface area contributed by atoms with Crippen LogP contribution in [-0.4, -0.2) is 29.3 Å². The van der Waals surface area contributed by atoms with Crippen LogP contribution in [-0.2, 0) is 11.3 Å². The molecule has 5 heteroatoms. The van der Waals surface area contributed by atoms with Crippen LogP contribution in [0.15, 0.2) is 60.5 Å². The minimum absolute atomic E-state index is 0.0350. The van der Waals surface area contributed by atoms with E-state index in [9.17, 15) is 9.59 Å². The maximum absolute atomic E-state index is 12.5. The molecule has 26 heavy (non-hydrogen) atoms. The van der Waals surface area contributed by atoms with E-state index in [0.717, 1.165) is 23.3 Å². The number of carbonyl (C=O) groups is 2. The zero-order valence-corrected chi connectivity index (χ0v) is 15.4. The monoisotopic (exact) mass is 366 g/mol. The molecule has 0 unspecified atom stereocenters. The molecular formula is C21H22N2O2S. The van der Waals surface area contributed by atoms with Gasteiger partial charge in [-0.1, -0.05) is 24.3 Å². The van der Waals surface area contributed by atoms with Crippen molar-refractivity contribution in [2.75, 3.05) is 6.54 Å². The van der Waals surface area contributed by atoms with E-state index in [0.29, 0.717) is 24.7 Å². The molecule has 0 bridgehead atoms. The Morgan fingerprint density at radius 3 is 2.62 bits per heavy atom. The molecule has 0 aliphatic heterocycles. The molecule has 1 aromatic heterocycles. The molecule has 0 radical (unpaired) electrons. The Hall–Kier alpha value is -2.66. The van der Waals surface area contributed by atoms with Gasteiger partial charge in [-0.05, 0) is 48.1 Å². The highest BCUT2D eigenvalue weighted by Crippen LogP contribution is 2.19. The Morgan fingerprint density at radius 1 is 1.23 bits per heavy atom. The van der Waals surface area contributed by atoms with Crippen LogP contribution in [0, 0.1) is 0 Å². The molecule has 1 aliphatic rings. The van der Waals surface area contributed by atoms with Gasteiger partial charge in [0.05, 0.1) is 6.54 Å². The van der Waals surface area contributed by atoms with Crippen molar-refractivity contribution < 1.29 is 9.59 Å². The molecule has 4 nitrogen and oxygen atoms in total. The van der Waals surface area contributed by atoms with E-state index in [1.807, 2.05) is 29.6 Å². The molecule has 0 atom stereocenters. The Labute approximate surface area is 157 Å². The first kappa shape index (κ1) is 18.1. The SMILES string of the molecule is C=CCN(Cc1cccs1)C(=O)/C=C/c1ccc(C(=O)NC2CC2)cc1. The van der Waals surface area contributed by atoms with Gasteiger partial charge in [0.2, 0.25) is 5.91 Å². The minimum atomic E-state index is -0.0612. The van der Waals surface area contributed by atoms with Crippen LogP contribution in [0.2, 0.25) is 0 Å². The number of amides is 2. The Kier molecular flexibility index (Phi) is 6.02. The van der Waals surface area contributed by atoms with Gasteiger partial charge in [0.15, 0.2) is 0 Å². The van der Waals surface area contributed by atoms with E-state index in [2.05, 4.69) is 11.9 Å². The van der Waals surface area contributed by atoms with Gasteiger partial charge in [0.25, 0.3) is 5.91 Å². The largest absolute Gasteiger partial charge is 0.349 e. The van der Waals surface area contributed by atoms with E-state index >= 15 is 0 Å². The van der Waals surface area contributed by atoms with Crippen molar-refractivity contribution in [2.24, 2.45) is 0 Å². The first-order chi connectivity index (χ1) is 12.7. The lowest BCUT2D eigenvalue weighted by atomic mass is 10.1. The van der Waals surface area contributed by atoms with Gasteiger partial charge in [0.1, 0.15) is 0 Å². The zero-order chi connectivity index (χ0) is 18.4. The number of benzene rings is 1. The molecule has 1 saturated carbocycles. The number of hydrogen-bond donors (Lipinski definition) is 1. The third-order valence-corrected chi connectivity index (χ3v) is 4.95. The topological polar surface area (TPSA) is 49.4 Å². The highest BCUT2D eigenvalue weighted by Gasteiger charge is 2.23. The molecule has 2 amide bonds. The average molecular weight is 366 g/mol. The van der Waals surface area contributed by atoms with Crippen LogP contribution in [0.25, 0.3) is 6.08 Å². The van der Waals surface area contributed by atoms with Gasteiger partial charge in [-0.3, -0.25) is 9.59 Å². The second kappa shape index (κ2) is 8.63. The van der Waals surface area contributed by atoms with Crippen molar-refractivity contribution >= 4 is 29.2 Å². The number of carbonyl (C=O) groups excluding carboxylic acids is 2. The van der Waals surface area contributed by atoms with Gasteiger partial charge in [-0.15, -0.1) is 17.9 Å². The Balaban J connectivity index is 1.60. The summed E-state index contributed by atoms with van der Waals surface area (Å²) in [4.78, 5) is 27.3. The summed E-state index contributed by atoms with van der Waals surface area (Å²) in [6, 6.07) is 11.6. The zero-order valence-electron chi connectivity index (χ0n) is 14.6. The molecule has 0 spiro atoms. The van der Waals surface area contributed by atoms with E-state index in [1.54, 1.807) is 46.6 Å². The predicted octanol–water partition coefficient (Wildman–Crippen LogP) is 3.87. The lowest BCUT2D eigenvalue weighted by Gasteiger charge is -2.18. The Bertz CT molecular complexity index is 790. The standard InChI is InChI=1S/C21H22N2O2S/c1-2-13-23(15-19-4-3-14-26-19)20(24)12-7-16-5-8-17(9-6-16)21(25)22-18-10-11-18/h2-9,12,14,18H,1,10-11,13,15H2,(H,22,25)/b12-7+. The van der Waals surface area contributed by atoms with E-state index < -0.39 is 0 Å². The highest BCUT2D eigenvalue weighted by atomic mass is 32.1. The summed E-state index contributed by atoms with van der Waals surface area (Å²) in [6.07, 6.45) is 7.21. The molecule has 2 aromatic rings. The molecule has 1 aliphatic carbocycles. The fraction of sp³-hybridized carbons (Fsp3) is 0.238. The van der Waals surface area contributed by atoms with Crippen LogP contribution < -0.4 is 5.32 Å². The van der Waals surface area contributed by atoms with Crippen LogP contribution in [0.5, 0.6) is 0 Å². The maximum atomic E-state index is 12.5. The summed E-state index contributed by atoms with van der Waals surface area (Å²) in [5.41, 5.74) is 1.53. The summed E-state index contributed by atoms with van der Waals surface area (Å²) in [7, 11) is 0. The first-order valence-corrected chi connectivity index (χ1v) is 9.55. The molecular weight excluding hydrogens is 344 g/mol. The van der Waals surface area contributed by atoms with Gasteiger partial charge in [-0.25, -0.2) is 0 Å². The minimum Gasteiger partial charge on any atom is -0.349 e. The maximum Gasteiger partial charge on any atom is 0.251 e. The van der Waals surface area contributed by atoms with E-state index in [4.69, 9.17) is 0 Å². The van der Waals surface area contributed by atoms with Gasteiger partial charge < -0.3 is 10.2 Å². The van der Waals surface area contributed by atoms with Gasteiger partial charge in [0, 0.05) is 29.1 Å². The van der Waals surface area contributed by atoms with Crippen molar-refractivity contribution in [3.63, 3.8) is 0 Å². The van der Waals surface area contributed by atoms with Crippen molar-refractivity contribution in [2.45, 2.75) is 25.4 Å². The second-order valence-corrected chi connectivity index (χ2v) is 7.32. The lowest BCUT2D eigenvalue weighted by molar-refractivity contribution is -0.126. The third-order valence-electron chi connectivity index (χ3n) is 4.09. The number of hydrogen-bond acceptors (Lipinski definition) is 3. The number of nitrogens with zero attached hydrogens (tertiary/aromatic N) is 1. The molecule has 3 rings (SSSR count). The smallest absolute Gasteiger partial charge is 0.251 e. The molecule has 0 saturated heterocycles. The van der Waals surface area contributed by atoms with Crippen molar-refractivity contribution in [3.8, 4) is 0 Å². The molecule has 1 N–H and O–H groups in total. The van der Waals surface area contributed by atoms with Gasteiger partial charge in [-0.2, -0.15) is 0 Å². The summed E-state index contributed by atoms with van der Waals surface area (Å²) in [5.74, 6) is -0.0962. The first-order valence-electron chi connectivity index (χ1n) is 8.67. The van der Waals surface area contributed by atoms with E-state index in [-0.39, 0.29) is 11.8 Å². The predicted molar refractivity (Wildman–Crippen MR) is 106 cm³/mol. The highest BCUT2D eigenvalue weighted by molar-refractivity contribution is 7.09. The second-order valence-electron chi connectivity index (χ2n) is 6.29. The summed E-state index contributed by atoms with van der Waals surface area (Å²) in [6.45, 7) is 4.81. The molecule has 1 heterocycles.